The lowest BCUT2D eigenvalue weighted by Gasteiger charge is -2.32. The van der Waals surface area contributed by atoms with Crippen LogP contribution >= 0.6 is 0 Å². The normalized spacial score (nSPS) is 16.6. The molecule has 1 aromatic heterocycles. The van der Waals surface area contributed by atoms with Crippen LogP contribution in [0.2, 0.25) is 0 Å². The molecule has 1 N–H and O–H groups in total. The van der Waals surface area contributed by atoms with Gasteiger partial charge in [0.1, 0.15) is 5.69 Å². The fraction of sp³-hybridized carbons (Fsp3) is 0.412. The maximum Gasteiger partial charge on any atom is 0.374 e. The number of nitrogens with zero attached hydrogens (tertiary/aromatic N) is 3. The largest absolute Gasteiger partial charge is 0.475 e. The van der Waals surface area contributed by atoms with Crippen LogP contribution in [0.3, 0.4) is 0 Å². The summed E-state index contributed by atoms with van der Waals surface area (Å²) in [5.41, 5.74) is 2.69. The van der Waals surface area contributed by atoms with Gasteiger partial charge in [-0.1, -0.05) is 29.4 Å². The number of aromatic carboxylic acids is 1. The summed E-state index contributed by atoms with van der Waals surface area (Å²) in [6, 6.07) is 9.51. The average molecular weight is 315 g/mol. The predicted octanol–water partition coefficient (Wildman–Crippen LogP) is 1.83. The highest BCUT2D eigenvalue weighted by Gasteiger charge is 2.14. The third-order valence-electron chi connectivity index (χ3n) is 4.28. The van der Waals surface area contributed by atoms with Gasteiger partial charge in [-0.3, -0.25) is 0 Å². The van der Waals surface area contributed by atoms with Crippen molar-refractivity contribution < 1.29 is 14.4 Å². The molecular formula is C17H21N3O3. The zero-order chi connectivity index (χ0) is 16.2. The van der Waals surface area contributed by atoms with Crippen molar-refractivity contribution >= 4 is 5.97 Å². The summed E-state index contributed by atoms with van der Waals surface area (Å²) < 4.78 is 4.79. The number of rotatable bonds is 5. The van der Waals surface area contributed by atoms with Gasteiger partial charge in [0.25, 0.3) is 0 Å². The van der Waals surface area contributed by atoms with E-state index >= 15 is 0 Å². The van der Waals surface area contributed by atoms with Crippen molar-refractivity contribution in [1.82, 2.24) is 15.0 Å². The highest BCUT2D eigenvalue weighted by atomic mass is 16.5. The summed E-state index contributed by atoms with van der Waals surface area (Å²) in [7, 11) is 2.16. The van der Waals surface area contributed by atoms with E-state index in [0.29, 0.717) is 5.69 Å². The van der Waals surface area contributed by atoms with E-state index in [-0.39, 0.29) is 5.76 Å². The minimum atomic E-state index is -1.10. The molecule has 1 aliphatic rings. The number of carboxylic acids is 1. The minimum absolute atomic E-state index is 0.140. The van der Waals surface area contributed by atoms with Gasteiger partial charge in [-0.05, 0) is 19.0 Å². The summed E-state index contributed by atoms with van der Waals surface area (Å²) in [6.07, 6.45) is 1.02. The lowest BCUT2D eigenvalue weighted by atomic mass is 10.1. The smallest absolute Gasteiger partial charge is 0.374 e. The van der Waals surface area contributed by atoms with Crippen molar-refractivity contribution in [3.63, 3.8) is 0 Å². The molecule has 2 heterocycles. The van der Waals surface area contributed by atoms with Crippen LogP contribution in [0.5, 0.6) is 0 Å². The number of piperazine rings is 1. The van der Waals surface area contributed by atoms with Gasteiger partial charge in [0.05, 0.1) is 0 Å². The van der Waals surface area contributed by atoms with Crippen molar-refractivity contribution in [1.29, 1.82) is 0 Å². The number of hydrogen-bond acceptors (Lipinski definition) is 5. The summed E-state index contributed by atoms with van der Waals surface area (Å²) in [5.74, 6) is -1.24. The molecule has 0 saturated carbocycles. The van der Waals surface area contributed by atoms with Crippen LogP contribution < -0.4 is 0 Å². The predicted molar refractivity (Wildman–Crippen MR) is 86.5 cm³/mol. The zero-order valence-corrected chi connectivity index (χ0v) is 13.2. The lowest BCUT2D eigenvalue weighted by Crippen LogP contribution is -2.45. The fourth-order valence-corrected chi connectivity index (χ4v) is 2.71. The molecule has 0 spiro atoms. The summed E-state index contributed by atoms with van der Waals surface area (Å²) in [5, 5.41) is 12.7. The van der Waals surface area contributed by atoms with E-state index in [0.717, 1.165) is 44.7 Å². The van der Waals surface area contributed by atoms with Crippen LogP contribution in [0.1, 0.15) is 16.1 Å². The van der Waals surface area contributed by atoms with Crippen molar-refractivity contribution in [2.24, 2.45) is 0 Å². The van der Waals surface area contributed by atoms with Gasteiger partial charge >= 0.3 is 5.97 Å². The average Bonchev–Trinajstić information content (AvgIpc) is 3.05. The molecule has 0 aliphatic carbocycles. The molecule has 1 aliphatic heterocycles. The van der Waals surface area contributed by atoms with Gasteiger partial charge in [-0.15, -0.1) is 0 Å². The topological polar surface area (TPSA) is 69.8 Å². The lowest BCUT2D eigenvalue weighted by molar-refractivity contribution is 0.0652. The molecule has 1 aromatic carbocycles. The van der Waals surface area contributed by atoms with E-state index in [4.69, 9.17) is 9.63 Å². The van der Waals surface area contributed by atoms with Crippen molar-refractivity contribution in [3.05, 3.63) is 41.7 Å². The second kappa shape index (κ2) is 6.93. The van der Waals surface area contributed by atoms with E-state index in [1.165, 1.54) is 11.6 Å². The van der Waals surface area contributed by atoms with Crippen LogP contribution in [-0.2, 0) is 6.42 Å². The highest BCUT2D eigenvalue weighted by Crippen LogP contribution is 2.20. The van der Waals surface area contributed by atoms with Gasteiger partial charge in [-0.2, -0.15) is 0 Å². The van der Waals surface area contributed by atoms with Gasteiger partial charge < -0.3 is 19.4 Å². The molecule has 6 heteroatoms. The molecule has 0 amide bonds. The standard InChI is InChI=1S/C17H21N3O3/c1-19-8-10-20(11-9-19)7-6-13-2-4-14(5-3-13)15-12-16(17(21)22)23-18-15/h2-5,12H,6-11H2,1H3,(H,21,22). The first kappa shape index (κ1) is 15.7. The fourth-order valence-electron chi connectivity index (χ4n) is 2.71. The third-order valence-corrected chi connectivity index (χ3v) is 4.28. The van der Waals surface area contributed by atoms with E-state index in [1.807, 2.05) is 12.1 Å². The molecule has 2 aromatic rings. The maximum atomic E-state index is 10.8. The van der Waals surface area contributed by atoms with Crippen molar-refractivity contribution in [3.8, 4) is 11.3 Å². The Hall–Kier alpha value is -2.18. The zero-order valence-electron chi connectivity index (χ0n) is 13.2. The Labute approximate surface area is 135 Å². The Morgan fingerprint density at radius 1 is 1.22 bits per heavy atom. The number of carboxylic acid groups (broad SMARTS) is 1. The number of carbonyl (C=O) groups is 1. The number of likely N-dealkylation sites (N-methyl/N-ethyl adjacent to an activating group) is 1. The molecule has 0 radical (unpaired) electrons. The van der Waals surface area contributed by atoms with Gasteiger partial charge in [-0.25, -0.2) is 4.79 Å². The Balaban J connectivity index is 1.57. The molecule has 1 saturated heterocycles. The molecule has 1 fully saturated rings. The van der Waals surface area contributed by atoms with Crippen LogP contribution in [-0.4, -0.2) is 65.8 Å². The number of benzene rings is 1. The molecule has 122 valence electrons. The second-order valence-electron chi connectivity index (χ2n) is 5.97. The van der Waals surface area contributed by atoms with Crippen molar-refractivity contribution in [2.45, 2.75) is 6.42 Å². The van der Waals surface area contributed by atoms with E-state index < -0.39 is 5.97 Å². The molecule has 23 heavy (non-hydrogen) atoms. The summed E-state index contributed by atoms with van der Waals surface area (Å²) >= 11 is 0. The summed E-state index contributed by atoms with van der Waals surface area (Å²) in [4.78, 5) is 15.7. The third kappa shape index (κ3) is 3.97. The Kier molecular flexibility index (Phi) is 4.73. The monoisotopic (exact) mass is 315 g/mol. The first-order valence-corrected chi connectivity index (χ1v) is 7.82. The minimum Gasteiger partial charge on any atom is -0.475 e. The van der Waals surface area contributed by atoms with E-state index in [2.05, 4.69) is 34.1 Å². The molecule has 0 bridgehead atoms. The van der Waals surface area contributed by atoms with Crippen LogP contribution in [0.25, 0.3) is 11.3 Å². The highest BCUT2D eigenvalue weighted by molar-refractivity contribution is 5.85. The van der Waals surface area contributed by atoms with E-state index in [1.54, 1.807) is 0 Å². The van der Waals surface area contributed by atoms with Crippen LogP contribution in [0.15, 0.2) is 34.9 Å². The first-order valence-electron chi connectivity index (χ1n) is 7.82. The maximum absolute atomic E-state index is 10.8. The quantitative estimate of drug-likeness (QED) is 0.908. The summed E-state index contributed by atoms with van der Waals surface area (Å²) in [6.45, 7) is 5.60. The molecule has 6 nitrogen and oxygen atoms in total. The van der Waals surface area contributed by atoms with Gasteiger partial charge in [0.15, 0.2) is 0 Å². The Morgan fingerprint density at radius 3 is 2.52 bits per heavy atom. The van der Waals surface area contributed by atoms with Crippen molar-refractivity contribution in [2.75, 3.05) is 39.8 Å². The van der Waals surface area contributed by atoms with Gasteiger partial charge in [0.2, 0.25) is 5.76 Å². The molecule has 0 unspecified atom stereocenters. The molecule has 0 atom stereocenters. The van der Waals surface area contributed by atoms with Crippen LogP contribution in [0.4, 0.5) is 0 Å². The Morgan fingerprint density at radius 2 is 1.91 bits per heavy atom. The SMILES string of the molecule is CN1CCN(CCc2ccc(-c3cc(C(=O)O)on3)cc2)CC1. The van der Waals surface area contributed by atoms with Gasteiger partial charge in [0, 0.05) is 44.4 Å². The second-order valence-corrected chi connectivity index (χ2v) is 5.97. The first-order chi connectivity index (χ1) is 11.1. The van der Waals surface area contributed by atoms with E-state index in [9.17, 15) is 4.79 Å². The molecular weight excluding hydrogens is 294 g/mol. The molecule has 3 rings (SSSR count). The number of aromatic nitrogens is 1. The van der Waals surface area contributed by atoms with Crippen LogP contribution in [0, 0.1) is 0 Å². The number of hydrogen-bond donors (Lipinski definition) is 1. The Bertz CT molecular complexity index is 658.